The van der Waals surface area contributed by atoms with Crippen molar-refractivity contribution in [1.82, 2.24) is 10.0 Å². The van der Waals surface area contributed by atoms with E-state index in [9.17, 15) is 8.42 Å². The molecule has 0 fully saturated rings. The first-order chi connectivity index (χ1) is 9.03. The van der Waals surface area contributed by atoms with Gasteiger partial charge in [0.1, 0.15) is 6.61 Å². The molecule has 0 spiro atoms. The smallest absolute Gasteiger partial charge is 0.208 e. The van der Waals surface area contributed by atoms with Crippen LogP contribution in [0.4, 0.5) is 0 Å². The van der Waals surface area contributed by atoms with Gasteiger partial charge in [-0.05, 0) is 12.1 Å². The van der Waals surface area contributed by atoms with Crippen LogP contribution in [0, 0.1) is 0 Å². The monoisotopic (exact) mass is 288 g/mol. The minimum absolute atomic E-state index is 0.369. The van der Waals surface area contributed by atoms with Crippen molar-refractivity contribution in [2.45, 2.75) is 0 Å². The molecule has 0 radical (unpaired) electrons. The van der Waals surface area contributed by atoms with Gasteiger partial charge in [0.15, 0.2) is 11.5 Å². The number of rotatable bonds is 9. The zero-order chi connectivity index (χ0) is 14.1. The minimum atomic E-state index is -3.11. The Kier molecular flexibility index (Phi) is 6.61. The van der Waals surface area contributed by atoms with E-state index in [0.717, 1.165) is 6.26 Å². The Morgan fingerprint density at radius 3 is 2.42 bits per heavy atom. The predicted octanol–water partition coefficient (Wildman–Crippen LogP) is 0.213. The molecule has 1 rings (SSSR count). The first kappa shape index (κ1) is 15.7. The molecule has 0 atom stereocenters. The van der Waals surface area contributed by atoms with Crippen LogP contribution in [0.25, 0.3) is 0 Å². The predicted molar refractivity (Wildman–Crippen MR) is 74.2 cm³/mol. The van der Waals surface area contributed by atoms with Gasteiger partial charge in [0, 0.05) is 19.6 Å². The Morgan fingerprint density at radius 2 is 1.79 bits per heavy atom. The molecule has 19 heavy (non-hydrogen) atoms. The molecule has 1 aromatic carbocycles. The molecule has 6 nitrogen and oxygen atoms in total. The Hall–Kier alpha value is -1.31. The number of para-hydroxylation sites is 2. The maximum atomic E-state index is 10.8. The van der Waals surface area contributed by atoms with Crippen molar-refractivity contribution >= 4 is 10.0 Å². The Balaban J connectivity index is 2.14. The average molecular weight is 288 g/mol. The molecule has 0 amide bonds. The first-order valence-electron chi connectivity index (χ1n) is 5.94. The van der Waals surface area contributed by atoms with Gasteiger partial charge in [-0.1, -0.05) is 12.1 Å². The van der Waals surface area contributed by atoms with E-state index in [-0.39, 0.29) is 0 Å². The summed E-state index contributed by atoms with van der Waals surface area (Å²) in [4.78, 5) is 0. The maximum absolute atomic E-state index is 10.8. The third kappa shape index (κ3) is 7.00. The van der Waals surface area contributed by atoms with Gasteiger partial charge in [-0.25, -0.2) is 13.1 Å². The number of hydrogen-bond donors (Lipinski definition) is 2. The molecule has 0 aliphatic rings. The van der Waals surface area contributed by atoms with Crippen molar-refractivity contribution in [3.05, 3.63) is 24.3 Å². The van der Waals surface area contributed by atoms with Crippen molar-refractivity contribution in [1.29, 1.82) is 0 Å². The summed E-state index contributed by atoms with van der Waals surface area (Å²) in [6, 6.07) is 7.42. The van der Waals surface area contributed by atoms with Gasteiger partial charge in [-0.2, -0.15) is 0 Å². The zero-order valence-corrected chi connectivity index (χ0v) is 12.0. The van der Waals surface area contributed by atoms with Crippen LogP contribution in [-0.4, -0.2) is 48.0 Å². The van der Waals surface area contributed by atoms with E-state index in [1.54, 1.807) is 7.11 Å². The second-order valence-corrected chi connectivity index (χ2v) is 5.75. The summed E-state index contributed by atoms with van der Waals surface area (Å²) >= 11 is 0. The number of sulfonamides is 1. The molecule has 0 heterocycles. The molecule has 0 aromatic heterocycles. The lowest BCUT2D eigenvalue weighted by atomic mass is 10.3. The minimum Gasteiger partial charge on any atom is -0.493 e. The summed E-state index contributed by atoms with van der Waals surface area (Å²) in [6.07, 6.45) is 1.14. The summed E-state index contributed by atoms with van der Waals surface area (Å²) < 4.78 is 34.7. The van der Waals surface area contributed by atoms with Crippen LogP contribution in [0.15, 0.2) is 24.3 Å². The molecule has 2 N–H and O–H groups in total. The Bertz CT molecular complexity index is 476. The molecule has 0 bridgehead atoms. The van der Waals surface area contributed by atoms with E-state index < -0.39 is 10.0 Å². The van der Waals surface area contributed by atoms with Crippen LogP contribution in [0.3, 0.4) is 0 Å². The summed E-state index contributed by atoms with van der Waals surface area (Å²) in [5, 5.41) is 3.07. The van der Waals surface area contributed by atoms with Crippen molar-refractivity contribution in [3.8, 4) is 11.5 Å². The van der Waals surface area contributed by atoms with Gasteiger partial charge in [0.2, 0.25) is 10.0 Å². The molecule has 0 aliphatic heterocycles. The summed E-state index contributed by atoms with van der Waals surface area (Å²) in [5.41, 5.74) is 0. The standard InChI is InChI=1S/C12H20N2O4S/c1-17-11-5-3-4-6-12(11)18-10-9-13-7-8-14-19(2,15)16/h3-6,13-14H,7-10H2,1-2H3. The van der Waals surface area contributed by atoms with Crippen molar-refractivity contribution in [2.75, 3.05) is 39.6 Å². The first-order valence-corrected chi connectivity index (χ1v) is 7.83. The van der Waals surface area contributed by atoms with E-state index >= 15 is 0 Å². The highest BCUT2D eigenvalue weighted by molar-refractivity contribution is 7.88. The lowest BCUT2D eigenvalue weighted by Crippen LogP contribution is -2.32. The van der Waals surface area contributed by atoms with Gasteiger partial charge in [-0.15, -0.1) is 0 Å². The molecule has 0 saturated carbocycles. The van der Waals surface area contributed by atoms with E-state index in [0.29, 0.717) is 37.7 Å². The fourth-order valence-corrected chi connectivity index (χ4v) is 1.89. The topological polar surface area (TPSA) is 76.7 Å². The highest BCUT2D eigenvalue weighted by Gasteiger charge is 2.02. The van der Waals surface area contributed by atoms with Gasteiger partial charge in [-0.3, -0.25) is 0 Å². The van der Waals surface area contributed by atoms with Crippen molar-refractivity contribution in [3.63, 3.8) is 0 Å². The third-order valence-electron chi connectivity index (χ3n) is 2.27. The van der Waals surface area contributed by atoms with E-state index in [1.807, 2.05) is 24.3 Å². The van der Waals surface area contributed by atoms with Gasteiger partial charge >= 0.3 is 0 Å². The lowest BCUT2D eigenvalue weighted by molar-refractivity contribution is 0.293. The highest BCUT2D eigenvalue weighted by atomic mass is 32.2. The fraction of sp³-hybridized carbons (Fsp3) is 0.500. The van der Waals surface area contributed by atoms with Gasteiger partial charge in [0.25, 0.3) is 0 Å². The largest absolute Gasteiger partial charge is 0.493 e. The lowest BCUT2D eigenvalue weighted by Gasteiger charge is -2.10. The molecule has 7 heteroatoms. The number of hydrogen-bond acceptors (Lipinski definition) is 5. The van der Waals surface area contributed by atoms with Crippen molar-refractivity contribution < 1.29 is 17.9 Å². The Morgan fingerprint density at radius 1 is 1.11 bits per heavy atom. The molecule has 0 aliphatic carbocycles. The van der Waals surface area contributed by atoms with E-state index in [1.165, 1.54) is 0 Å². The number of ether oxygens (including phenoxy) is 2. The van der Waals surface area contributed by atoms with Crippen LogP contribution in [-0.2, 0) is 10.0 Å². The van der Waals surface area contributed by atoms with Crippen LogP contribution in [0.2, 0.25) is 0 Å². The van der Waals surface area contributed by atoms with Gasteiger partial charge < -0.3 is 14.8 Å². The Labute approximate surface area is 114 Å². The fourth-order valence-electron chi connectivity index (χ4n) is 1.42. The van der Waals surface area contributed by atoms with Gasteiger partial charge in [0.05, 0.1) is 13.4 Å². The quantitative estimate of drug-likeness (QED) is 0.635. The molecular weight excluding hydrogens is 268 g/mol. The van der Waals surface area contributed by atoms with Crippen LogP contribution in [0.1, 0.15) is 0 Å². The van der Waals surface area contributed by atoms with Crippen molar-refractivity contribution in [2.24, 2.45) is 0 Å². The SMILES string of the molecule is COc1ccccc1OCCNCCNS(C)(=O)=O. The third-order valence-corrected chi connectivity index (χ3v) is 3.00. The summed E-state index contributed by atoms with van der Waals surface area (Å²) in [5.74, 6) is 1.39. The second kappa shape index (κ2) is 7.98. The number of methoxy groups -OCH3 is 1. The highest BCUT2D eigenvalue weighted by Crippen LogP contribution is 2.25. The van der Waals surface area contributed by atoms with E-state index in [2.05, 4.69) is 10.0 Å². The molecule has 0 unspecified atom stereocenters. The average Bonchev–Trinajstić information content (AvgIpc) is 2.37. The summed E-state index contributed by atoms with van der Waals surface area (Å²) in [6.45, 7) is 2.04. The van der Waals surface area contributed by atoms with Crippen LogP contribution in [0.5, 0.6) is 11.5 Å². The molecule has 0 saturated heterocycles. The maximum Gasteiger partial charge on any atom is 0.208 e. The second-order valence-electron chi connectivity index (χ2n) is 3.92. The van der Waals surface area contributed by atoms with Crippen LogP contribution < -0.4 is 19.5 Å². The number of nitrogens with one attached hydrogen (secondary N) is 2. The molecular formula is C12H20N2O4S. The van der Waals surface area contributed by atoms with Crippen LogP contribution >= 0.6 is 0 Å². The van der Waals surface area contributed by atoms with E-state index in [4.69, 9.17) is 9.47 Å². The molecule has 1 aromatic rings. The normalized spacial score (nSPS) is 11.3. The number of benzene rings is 1. The molecule has 108 valence electrons. The summed E-state index contributed by atoms with van der Waals surface area (Å²) in [7, 11) is -1.51. The zero-order valence-electron chi connectivity index (χ0n) is 11.2.